The van der Waals surface area contributed by atoms with E-state index >= 15 is 0 Å². The lowest BCUT2D eigenvalue weighted by Crippen LogP contribution is -2.36. The predicted octanol–water partition coefficient (Wildman–Crippen LogP) is 4.76. The Kier molecular flexibility index (Phi) is 6.01. The second-order valence-corrected chi connectivity index (χ2v) is 6.82. The lowest BCUT2D eigenvalue weighted by molar-refractivity contribution is 0.201. The SMILES string of the molecule is CCC1CCCC(C(CCC2CCCC2)NC)C1. The van der Waals surface area contributed by atoms with Gasteiger partial charge >= 0.3 is 0 Å². The van der Waals surface area contributed by atoms with Crippen LogP contribution in [0.25, 0.3) is 0 Å². The van der Waals surface area contributed by atoms with Crippen LogP contribution in [-0.2, 0) is 0 Å². The highest BCUT2D eigenvalue weighted by Crippen LogP contribution is 2.35. The summed E-state index contributed by atoms with van der Waals surface area (Å²) in [7, 11) is 2.19. The Bertz CT molecular complexity index is 220. The van der Waals surface area contributed by atoms with Crippen molar-refractivity contribution in [1.29, 1.82) is 0 Å². The monoisotopic (exact) mass is 251 g/mol. The van der Waals surface area contributed by atoms with Crippen LogP contribution in [0.4, 0.5) is 0 Å². The Morgan fingerprint density at radius 1 is 1.00 bits per heavy atom. The van der Waals surface area contributed by atoms with E-state index in [0.717, 1.165) is 23.8 Å². The van der Waals surface area contributed by atoms with Gasteiger partial charge in [0.1, 0.15) is 0 Å². The number of hydrogen-bond donors (Lipinski definition) is 1. The van der Waals surface area contributed by atoms with Crippen LogP contribution in [0.15, 0.2) is 0 Å². The molecule has 0 aliphatic heterocycles. The predicted molar refractivity (Wildman–Crippen MR) is 79.8 cm³/mol. The molecule has 18 heavy (non-hydrogen) atoms. The molecule has 0 amide bonds. The van der Waals surface area contributed by atoms with Gasteiger partial charge in [0.05, 0.1) is 0 Å². The first-order valence-corrected chi connectivity index (χ1v) is 8.50. The summed E-state index contributed by atoms with van der Waals surface area (Å²) in [6.45, 7) is 2.37. The van der Waals surface area contributed by atoms with Gasteiger partial charge in [-0.25, -0.2) is 0 Å². The Hall–Kier alpha value is -0.0400. The fourth-order valence-electron chi connectivity index (χ4n) is 4.40. The lowest BCUT2D eigenvalue weighted by Gasteiger charge is -2.34. The zero-order valence-electron chi connectivity index (χ0n) is 12.6. The van der Waals surface area contributed by atoms with Gasteiger partial charge in [-0.1, -0.05) is 51.9 Å². The zero-order valence-corrected chi connectivity index (χ0v) is 12.6. The van der Waals surface area contributed by atoms with E-state index in [9.17, 15) is 0 Å². The van der Waals surface area contributed by atoms with E-state index in [4.69, 9.17) is 0 Å². The Balaban J connectivity index is 1.75. The smallest absolute Gasteiger partial charge is 0.00925 e. The van der Waals surface area contributed by atoms with Gasteiger partial charge in [-0.2, -0.15) is 0 Å². The highest BCUT2D eigenvalue weighted by Gasteiger charge is 2.27. The minimum Gasteiger partial charge on any atom is -0.317 e. The summed E-state index contributed by atoms with van der Waals surface area (Å²) < 4.78 is 0. The largest absolute Gasteiger partial charge is 0.317 e. The van der Waals surface area contributed by atoms with E-state index in [2.05, 4.69) is 19.3 Å². The minimum absolute atomic E-state index is 0.806. The van der Waals surface area contributed by atoms with Gasteiger partial charge < -0.3 is 5.32 Å². The van der Waals surface area contributed by atoms with Crippen LogP contribution in [0.5, 0.6) is 0 Å². The molecule has 1 N–H and O–H groups in total. The summed E-state index contributed by atoms with van der Waals surface area (Å²) in [5.74, 6) is 3.05. The molecule has 0 spiro atoms. The average Bonchev–Trinajstić information content (AvgIpc) is 2.93. The van der Waals surface area contributed by atoms with Gasteiger partial charge in [0.15, 0.2) is 0 Å². The van der Waals surface area contributed by atoms with E-state index in [1.165, 1.54) is 70.6 Å². The first-order chi connectivity index (χ1) is 8.83. The summed E-state index contributed by atoms with van der Waals surface area (Å²) in [6, 6.07) is 0.806. The standard InChI is InChI=1S/C17H33N/c1-3-14-9-6-10-16(13-14)17(18-2)12-11-15-7-4-5-8-15/h14-18H,3-13H2,1-2H3. The Morgan fingerprint density at radius 3 is 2.39 bits per heavy atom. The molecule has 1 nitrogen and oxygen atoms in total. The average molecular weight is 251 g/mol. The van der Waals surface area contributed by atoms with Crippen molar-refractivity contribution in [1.82, 2.24) is 5.32 Å². The minimum atomic E-state index is 0.806. The number of hydrogen-bond acceptors (Lipinski definition) is 1. The van der Waals surface area contributed by atoms with E-state index < -0.39 is 0 Å². The first kappa shape index (κ1) is 14.4. The van der Waals surface area contributed by atoms with Crippen molar-refractivity contribution in [3.63, 3.8) is 0 Å². The van der Waals surface area contributed by atoms with Crippen LogP contribution in [-0.4, -0.2) is 13.1 Å². The molecule has 0 heterocycles. The summed E-state index contributed by atoms with van der Waals surface area (Å²) in [5.41, 5.74) is 0. The van der Waals surface area contributed by atoms with Crippen molar-refractivity contribution >= 4 is 0 Å². The lowest BCUT2D eigenvalue weighted by atomic mass is 9.75. The molecule has 3 atom stereocenters. The molecule has 0 aromatic rings. The molecule has 2 saturated carbocycles. The van der Waals surface area contributed by atoms with E-state index in [1.807, 2.05) is 0 Å². The second kappa shape index (κ2) is 7.53. The van der Waals surface area contributed by atoms with Crippen molar-refractivity contribution in [3.8, 4) is 0 Å². The molecular weight excluding hydrogens is 218 g/mol. The molecule has 2 aliphatic carbocycles. The number of nitrogens with one attached hydrogen (secondary N) is 1. The fourth-order valence-corrected chi connectivity index (χ4v) is 4.40. The van der Waals surface area contributed by atoms with Crippen LogP contribution >= 0.6 is 0 Å². The maximum Gasteiger partial charge on any atom is 0.00925 e. The summed E-state index contributed by atoms with van der Waals surface area (Å²) in [4.78, 5) is 0. The normalized spacial score (nSPS) is 31.7. The number of rotatable bonds is 6. The van der Waals surface area contributed by atoms with Crippen molar-refractivity contribution < 1.29 is 0 Å². The first-order valence-electron chi connectivity index (χ1n) is 8.50. The van der Waals surface area contributed by atoms with Gasteiger partial charge in [0.25, 0.3) is 0 Å². The van der Waals surface area contributed by atoms with Crippen LogP contribution < -0.4 is 5.32 Å². The molecule has 3 unspecified atom stereocenters. The quantitative estimate of drug-likeness (QED) is 0.717. The van der Waals surface area contributed by atoms with Crippen LogP contribution in [0.2, 0.25) is 0 Å². The second-order valence-electron chi connectivity index (χ2n) is 6.82. The highest BCUT2D eigenvalue weighted by atomic mass is 14.9. The van der Waals surface area contributed by atoms with E-state index in [1.54, 1.807) is 0 Å². The van der Waals surface area contributed by atoms with Gasteiger partial charge in [-0.3, -0.25) is 0 Å². The maximum absolute atomic E-state index is 3.64. The molecule has 0 aromatic carbocycles. The van der Waals surface area contributed by atoms with Crippen molar-refractivity contribution in [2.24, 2.45) is 17.8 Å². The molecule has 1 heteroatoms. The van der Waals surface area contributed by atoms with E-state index in [-0.39, 0.29) is 0 Å². The Morgan fingerprint density at radius 2 is 1.72 bits per heavy atom. The van der Waals surface area contributed by atoms with Gasteiger partial charge in [-0.15, -0.1) is 0 Å². The van der Waals surface area contributed by atoms with Gasteiger partial charge in [-0.05, 0) is 50.5 Å². The molecule has 0 aromatic heterocycles. The van der Waals surface area contributed by atoms with Crippen molar-refractivity contribution in [3.05, 3.63) is 0 Å². The van der Waals surface area contributed by atoms with Gasteiger partial charge in [0.2, 0.25) is 0 Å². The molecule has 0 saturated heterocycles. The fraction of sp³-hybridized carbons (Fsp3) is 1.00. The molecule has 0 radical (unpaired) electrons. The third-order valence-corrected chi connectivity index (χ3v) is 5.70. The zero-order chi connectivity index (χ0) is 12.8. The van der Waals surface area contributed by atoms with Crippen LogP contribution in [0, 0.1) is 17.8 Å². The van der Waals surface area contributed by atoms with E-state index in [0.29, 0.717) is 0 Å². The highest BCUT2D eigenvalue weighted by molar-refractivity contribution is 4.82. The molecule has 0 bridgehead atoms. The third-order valence-electron chi connectivity index (χ3n) is 5.70. The topological polar surface area (TPSA) is 12.0 Å². The summed E-state index contributed by atoms with van der Waals surface area (Å²) in [6.07, 6.45) is 16.3. The molecule has 106 valence electrons. The van der Waals surface area contributed by atoms with Crippen LogP contribution in [0.3, 0.4) is 0 Å². The molecule has 2 rings (SSSR count). The Labute approximate surface area is 114 Å². The van der Waals surface area contributed by atoms with Crippen molar-refractivity contribution in [2.45, 2.75) is 83.6 Å². The van der Waals surface area contributed by atoms with Gasteiger partial charge in [0, 0.05) is 6.04 Å². The molecular formula is C17H33N. The molecule has 2 aliphatic rings. The molecule has 2 fully saturated rings. The summed E-state index contributed by atoms with van der Waals surface area (Å²) in [5, 5.41) is 3.64. The van der Waals surface area contributed by atoms with Crippen molar-refractivity contribution in [2.75, 3.05) is 7.05 Å². The third kappa shape index (κ3) is 3.98. The summed E-state index contributed by atoms with van der Waals surface area (Å²) >= 11 is 0. The maximum atomic E-state index is 3.64. The van der Waals surface area contributed by atoms with Crippen LogP contribution in [0.1, 0.15) is 77.6 Å².